The highest BCUT2D eigenvalue weighted by molar-refractivity contribution is 8.00. The fourth-order valence-electron chi connectivity index (χ4n) is 2.24. The molecule has 2 N–H and O–H groups in total. The van der Waals surface area contributed by atoms with Crippen LogP contribution in [-0.4, -0.2) is 23.0 Å². The van der Waals surface area contributed by atoms with Gasteiger partial charge >= 0.3 is 0 Å². The highest BCUT2D eigenvalue weighted by Gasteiger charge is 2.15. The van der Waals surface area contributed by atoms with Gasteiger partial charge in [0.1, 0.15) is 0 Å². The summed E-state index contributed by atoms with van der Waals surface area (Å²) in [4.78, 5) is 1.39. The van der Waals surface area contributed by atoms with Gasteiger partial charge in [-0.05, 0) is 37.5 Å². The number of aliphatic hydroxyl groups excluding tert-OH is 1. The minimum Gasteiger partial charge on any atom is -0.395 e. The average Bonchev–Trinajstić information content (AvgIpc) is 2.90. The third-order valence-electron chi connectivity index (χ3n) is 3.46. The summed E-state index contributed by atoms with van der Waals surface area (Å²) in [5.74, 6) is 0. The van der Waals surface area contributed by atoms with E-state index in [1.54, 1.807) is 0 Å². The Morgan fingerprint density at radius 3 is 2.56 bits per heavy atom. The molecule has 1 fully saturated rings. The third kappa shape index (κ3) is 4.30. The van der Waals surface area contributed by atoms with E-state index >= 15 is 0 Å². The molecule has 18 heavy (non-hydrogen) atoms. The summed E-state index contributed by atoms with van der Waals surface area (Å²) in [7, 11) is 0. The van der Waals surface area contributed by atoms with Gasteiger partial charge in [-0.15, -0.1) is 11.8 Å². The Labute approximate surface area is 114 Å². The molecule has 1 saturated carbocycles. The first-order valence-corrected chi connectivity index (χ1v) is 7.75. The van der Waals surface area contributed by atoms with E-state index in [1.165, 1.54) is 36.1 Å². The maximum Gasteiger partial charge on any atom is 0.0582 e. The van der Waals surface area contributed by atoms with E-state index in [0.717, 1.165) is 11.8 Å². The van der Waals surface area contributed by atoms with Crippen LogP contribution < -0.4 is 5.32 Å². The molecule has 0 radical (unpaired) electrons. The molecule has 1 atom stereocenters. The SMILES string of the molecule is CC(CO)NCc1ccc(SC2CCCC2)cc1. The fourth-order valence-corrected chi connectivity index (χ4v) is 3.49. The largest absolute Gasteiger partial charge is 0.395 e. The highest BCUT2D eigenvalue weighted by atomic mass is 32.2. The predicted octanol–water partition coefficient (Wildman–Crippen LogP) is 3.19. The van der Waals surface area contributed by atoms with E-state index in [0.29, 0.717) is 0 Å². The molecule has 0 spiro atoms. The molecule has 0 saturated heterocycles. The van der Waals surface area contributed by atoms with Crippen molar-refractivity contribution in [3.05, 3.63) is 29.8 Å². The topological polar surface area (TPSA) is 32.3 Å². The van der Waals surface area contributed by atoms with Crippen LogP contribution in [0.2, 0.25) is 0 Å². The molecule has 1 aromatic rings. The van der Waals surface area contributed by atoms with Crippen molar-refractivity contribution < 1.29 is 5.11 Å². The van der Waals surface area contributed by atoms with Crippen molar-refractivity contribution in [1.82, 2.24) is 5.32 Å². The summed E-state index contributed by atoms with van der Waals surface area (Å²) in [5, 5.41) is 13.1. The van der Waals surface area contributed by atoms with Crippen LogP contribution in [0.25, 0.3) is 0 Å². The first-order chi connectivity index (χ1) is 8.78. The van der Waals surface area contributed by atoms with Crippen molar-refractivity contribution in [3.8, 4) is 0 Å². The summed E-state index contributed by atoms with van der Waals surface area (Å²) < 4.78 is 0. The van der Waals surface area contributed by atoms with Gasteiger partial charge in [0.25, 0.3) is 0 Å². The Morgan fingerprint density at radius 1 is 1.28 bits per heavy atom. The zero-order chi connectivity index (χ0) is 12.8. The van der Waals surface area contributed by atoms with Gasteiger partial charge in [0, 0.05) is 22.7 Å². The number of aliphatic hydroxyl groups is 1. The lowest BCUT2D eigenvalue weighted by molar-refractivity contribution is 0.251. The average molecular weight is 265 g/mol. The lowest BCUT2D eigenvalue weighted by Crippen LogP contribution is -2.28. The first-order valence-electron chi connectivity index (χ1n) is 6.88. The van der Waals surface area contributed by atoms with Gasteiger partial charge < -0.3 is 10.4 Å². The molecule has 1 aliphatic carbocycles. The van der Waals surface area contributed by atoms with Gasteiger partial charge in [0.2, 0.25) is 0 Å². The highest BCUT2D eigenvalue weighted by Crippen LogP contribution is 2.34. The minimum atomic E-state index is 0.164. The van der Waals surface area contributed by atoms with Crippen LogP contribution in [0.4, 0.5) is 0 Å². The number of benzene rings is 1. The molecule has 3 heteroatoms. The zero-order valence-corrected chi connectivity index (χ0v) is 11.9. The molecule has 2 nitrogen and oxygen atoms in total. The van der Waals surface area contributed by atoms with Crippen LogP contribution in [0.5, 0.6) is 0 Å². The quantitative estimate of drug-likeness (QED) is 0.828. The molecule has 0 aliphatic heterocycles. The molecular formula is C15H23NOS. The Bertz CT molecular complexity index is 346. The van der Waals surface area contributed by atoms with Gasteiger partial charge in [-0.3, -0.25) is 0 Å². The van der Waals surface area contributed by atoms with Gasteiger partial charge in [-0.1, -0.05) is 25.0 Å². The van der Waals surface area contributed by atoms with E-state index in [9.17, 15) is 0 Å². The molecule has 0 bridgehead atoms. The Hall–Kier alpha value is -0.510. The van der Waals surface area contributed by atoms with Crippen LogP contribution in [0.3, 0.4) is 0 Å². The van der Waals surface area contributed by atoms with E-state index in [1.807, 2.05) is 18.7 Å². The number of hydrogen-bond donors (Lipinski definition) is 2. The molecule has 0 aromatic heterocycles. The summed E-state index contributed by atoms with van der Waals surface area (Å²) in [6, 6.07) is 8.99. The van der Waals surface area contributed by atoms with E-state index in [-0.39, 0.29) is 12.6 Å². The maximum absolute atomic E-state index is 8.95. The molecule has 0 amide bonds. The van der Waals surface area contributed by atoms with Crippen LogP contribution in [0.1, 0.15) is 38.2 Å². The van der Waals surface area contributed by atoms with Crippen LogP contribution in [-0.2, 0) is 6.54 Å². The standard InChI is InChI=1S/C15H23NOS/c1-12(11-17)16-10-13-6-8-15(9-7-13)18-14-4-2-3-5-14/h6-9,12,14,16-17H,2-5,10-11H2,1H3. The molecule has 1 unspecified atom stereocenters. The van der Waals surface area contributed by atoms with Crippen LogP contribution in [0, 0.1) is 0 Å². The van der Waals surface area contributed by atoms with Gasteiger partial charge in [0.05, 0.1) is 6.61 Å². The number of rotatable bonds is 6. The second kappa shape index (κ2) is 7.17. The summed E-state index contributed by atoms with van der Waals surface area (Å²) in [6.45, 7) is 3.01. The maximum atomic E-state index is 8.95. The summed E-state index contributed by atoms with van der Waals surface area (Å²) in [6.07, 6.45) is 5.56. The molecule has 0 heterocycles. The lowest BCUT2D eigenvalue weighted by atomic mass is 10.2. The van der Waals surface area contributed by atoms with Crippen molar-refractivity contribution in [2.24, 2.45) is 0 Å². The molecule has 1 aliphatic rings. The van der Waals surface area contributed by atoms with Crippen molar-refractivity contribution in [1.29, 1.82) is 0 Å². The van der Waals surface area contributed by atoms with E-state index < -0.39 is 0 Å². The second-order valence-corrected chi connectivity index (χ2v) is 6.51. The smallest absolute Gasteiger partial charge is 0.0582 e. The lowest BCUT2D eigenvalue weighted by Gasteiger charge is -2.12. The van der Waals surface area contributed by atoms with E-state index in [2.05, 4.69) is 29.6 Å². The number of hydrogen-bond acceptors (Lipinski definition) is 3. The van der Waals surface area contributed by atoms with Crippen LogP contribution in [0.15, 0.2) is 29.2 Å². The van der Waals surface area contributed by atoms with E-state index in [4.69, 9.17) is 5.11 Å². The number of thioether (sulfide) groups is 1. The Balaban J connectivity index is 1.81. The second-order valence-electron chi connectivity index (χ2n) is 5.13. The van der Waals surface area contributed by atoms with Crippen molar-refractivity contribution in [3.63, 3.8) is 0 Å². The van der Waals surface area contributed by atoms with Gasteiger partial charge in [0.15, 0.2) is 0 Å². The predicted molar refractivity (Wildman–Crippen MR) is 77.9 cm³/mol. The minimum absolute atomic E-state index is 0.164. The van der Waals surface area contributed by atoms with Gasteiger partial charge in [-0.25, -0.2) is 0 Å². The van der Waals surface area contributed by atoms with Gasteiger partial charge in [-0.2, -0.15) is 0 Å². The molecule has 100 valence electrons. The fraction of sp³-hybridized carbons (Fsp3) is 0.600. The molecule has 2 rings (SSSR count). The molecular weight excluding hydrogens is 242 g/mol. The molecule has 1 aromatic carbocycles. The first kappa shape index (κ1) is 13.9. The summed E-state index contributed by atoms with van der Waals surface area (Å²) >= 11 is 2.03. The zero-order valence-electron chi connectivity index (χ0n) is 11.1. The number of nitrogens with one attached hydrogen (secondary N) is 1. The summed E-state index contributed by atoms with van der Waals surface area (Å²) in [5.41, 5.74) is 1.28. The van der Waals surface area contributed by atoms with Crippen molar-refractivity contribution >= 4 is 11.8 Å². The monoisotopic (exact) mass is 265 g/mol. The normalized spacial score (nSPS) is 18.1. The van der Waals surface area contributed by atoms with Crippen molar-refractivity contribution in [2.75, 3.05) is 6.61 Å². The third-order valence-corrected chi connectivity index (χ3v) is 4.81. The van der Waals surface area contributed by atoms with Crippen LogP contribution >= 0.6 is 11.8 Å². The Morgan fingerprint density at radius 2 is 1.94 bits per heavy atom. The Kier molecular flexibility index (Phi) is 5.54. The van der Waals surface area contributed by atoms with Crippen molar-refractivity contribution in [2.45, 2.75) is 55.3 Å².